The lowest BCUT2D eigenvalue weighted by Gasteiger charge is -2.16. The van der Waals surface area contributed by atoms with E-state index in [-0.39, 0.29) is 6.54 Å². The highest BCUT2D eigenvalue weighted by Gasteiger charge is 2.18. The fourth-order valence-electron chi connectivity index (χ4n) is 0.315. The van der Waals surface area contributed by atoms with Gasteiger partial charge in [-0.15, -0.1) is 0 Å². The first kappa shape index (κ1) is 8.36. The van der Waals surface area contributed by atoms with E-state index in [0.717, 1.165) is 0 Å². The molecule has 0 atom stereocenters. The van der Waals surface area contributed by atoms with Crippen molar-refractivity contribution < 1.29 is 14.3 Å². The van der Waals surface area contributed by atoms with E-state index in [4.69, 9.17) is 0 Å². The molecule has 0 heterocycles. The number of amides is 1. The highest BCUT2D eigenvalue weighted by atomic mass is 19.3. The maximum absolute atomic E-state index is 11.4. The third-order valence-electron chi connectivity index (χ3n) is 0.820. The van der Waals surface area contributed by atoms with Crippen LogP contribution in [0.3, 0.4) is 0 Å². The van der Waals surface area contributed by atoms with Crippen molar-refractivity contribution in [1.29, 1.82) is 0 Å². The van der Waals surface area contributed by atoms with Gasteiger partial charge >= 0.3 is 0 Å². The van der Waals surface area contributed by atoms with Crippen LogP contribution < -0.4 is 5.32 Å². The molecule has 4 heteroatoms. The van der Waals surface area contributed by atoms with Crippen molar-refractivity contribution >= 4 is 6.41 Å². The molecule has 0 aromatic carbocycles. The zero-order valence-electron chi connectivity index (χ0n) is 5.48. The molecule has 1 amide bonds. The molecule has 0 saturated heterocycles. The van der Waals surface area contributed by atoms with Crippen LogP contribution in [0.4, 0.5) is 4.53 Å². The number of carbonyl (C=O) groups is 1. The van der Waals surface area contributed by atoms with Crippen molar-refractivity contribution in [3.8, 4) is 0 Å². The van der Waals surface area contributed by atoms with E-state index in [1.165, 1.54) is 13.8 Å². The minimum absolute atomic E-state index is 0.174. The SMILES string of the molecule is CC(C)(CNC=O)OF. The van der Waals surface area contributed by atoms with E-state index >= 15 is 0 Å². The van der Waals surface area contributed by atoms with E-state index in [2.05, 4.69) is 10.3 Å². The van der Waals surface area contributed by atoms with Crippen LogP contribution in [0.1, 0.15) is 13.8 Å². The molecule has 0 bridgehead atoms. The van der Waals surface area contributed by atoms with E-state index < -0.39 is 5.60 Å². The summed E-state index contributed by atoms with van der Waals surface area (Å²) in [5.74, 6) is 0. The minimum Gasteiger partial charge on any atom is -0.356 e. The Kier molecular flexibility index (Phi) is 3.16. The number of rotatable bonds is 4. The molecule has 0 aliphatic carbocycles. The molecule has 54 valence electrons. The van der Waals surface area contributed by atoms with Gasteiger partial charge in [0.2, 0.25) is 6.41 Å². The second-order valence-electron chi connectivity index (χ2n) is 2.34. The smallest absolute Gasteiger partial charge is 0.207 e. The van der Waals surface area contributed by atoms with Gasteiger partial charge in [0.15, 0.2) is 0 Å². The molecule has 0 fully saturated rings. The molecule has 0 rings (SSSR count). The lowest BCUT2D eigenvalue weighted by Crippen LogP contribution is -2.34. The van der Waals surface area contributed by atoms with Crippen LogP contribution in [-0.2, 0) is 9.74 Å². The lowest BCUT2D eigenvalue weighted by molar-refractivity contribution is -0.219. The Balaban J connectivity index is 3.44. The second-order valence-corrected chi connectivity index (χ2v) is 2.34. The largest absolute Gasteiger partial charge is 0.356 e. The molecule has 0 spiro atoms. The van der Waals surface area contributed by atoms with Gasteiger partial charge in [0.05, 0.1) is 0 Å². The zero-order valence-corrected chi connectivity index (χ0v) is 5.48. The van der Waals surface area contributed by atoms with Crippen molar-refractivity contribution in [3.05, 3.63) is 0 Å². The number of nitrogens with one attached hydrogen (secondary N) is 1. The Hall–Kier alpha value is -0.640. The summed E-state index contributed by atoms with van der Waals surface area (Å²) in [5.41, 5.74) is -0.916. The first-order chi connectivity index (χ1) is 4.12. The van der Waals surface area contributed by atoms with Crippen LogP contribution in [-0.4, -0.2) is 18.6 Å². The second kappa shape index (κ2) is 3.40. The quantitative estimate of drug-likeness (QED) is 0.567. The van der Waals surface area contributed by atoms with Crippen LogP contribution in [0.2, 0.25) is 0 Å². The summed E-state index contributed by atoms with van der Waals surface area (Å²) in [6.07, 6.45) is 0.501. The molecule has 3 nitrogen and oxygen atoms in total. The Morgan fingerprint density at radius 2 is 2.33 bits per heavy atom. The topological polar surface area (TPSA) is 38.3 Å². The van der Waals surface area contributed by atoms with Gasteiger partial charge in [-0.25, -0.2) is 0 Å². The summed E-state index contributed by atoms with van der Waals surface area (Å²) in [7, 11) is 0. The third kappa shape index (κ3) is 3.90. The van der Waals surface area contributed by atoms with Gasteiger partial charge in [-0.05, 0) is 18.4 Å². The van der Waals surface area contributed by atoms with Gasteiger partial charge in [0, 0.05) is 6.54 Å². The van der Waals surface area contributed by atoms with E-state index in [0.29, 0.717) is 6.41 Å². The molecule has 1 N–H and O–H groups in total. The standard InChI is InChI=1S/C5H10FNO2/c1-5(2,9-6)3-7-4-8/h4H,3H2,1-2H3,(H,7,8). The van der Waals surface area contributed by atoms with Gasteiger partial charge in [-0.2, -0.15) is 4.94 Å². The number of hydrogen-bond donors (Lipinski definition) is 1. The van der Waals surface area contributed by atoms with Gasteiger partial charge in [-0.3, -0.25) is 4.79 Å². The molecule has 9 heavy (non-hydrogen) atoms. The summed E-state index contributed by atoms with van der Waals surface area (Å²) in [6.45, 7) is 3.24. The van der Waals surface area contributed by atoms with E-state index in [1.807, 2.05) is 0 Å². The molecule has 0 radical (unpaired) electrons. The zero-order chi connectivity index (χ0) is 7.33. The van der Waals surface area contributed by atoms with Crippen LogP contribution in [0.15, 0.2) is 0 Å². The van der Waals surface area contributed by atoms with Crippen molar-refractivity contribution in [2.24, 2.45) is 0 Å². The van der Waals surface area contributed by atoms with Crippen LogP contribution in [0.25, 0.3) is 0 Å². The minimum atomic E-state index is -0.916. The van der Waals surface area contributed by atoms with Crippen molar-refractivity contribution in [2.45, 2.75) is 19.4 Å². The lowest BCUT2D eigenvalue weighted by atomic mass is 10.1. The van der Waals surface area contributed by atoms with Crippen molar-refractivity contribution in [1.82, 2.24) is 5.32 Å². The van der Waals surface area contributed by atoms with Crippen molar-refractivity contribution in [2.75, 3.05) is 6.54 Å². The highest BCUT2D eigenvalue weighted by Crippen LogP contribution is 2.06. The predicted molar refractivity (Wildman–Crippen MR) is 30.3 cm³/mol. The van der Waals surface area contributed by atoms with E-state index in [9.17, 15) is 9.32 Å². The molecule has 0 aliphatic heterocycles. The maximum Gasteiger partial charge on any atom is 0.207 e. The van der Waals surface area contributed by atoms with Crippen molar-refractivity contribution in [3.63, 3.8) is 0 Å². The number of carbonyl (C=O) groups excluding carboxylic acids is 1. The molecule has 0 unspecified atom stereocenters. The fourth-order valence-corrected chi connectivity index (χ4v) is 0.315. The average Bonchev–Trinajstić information content (AvgIpc) is 1.84. The molecule has 0 aliphatic rings. The van der Waals surface area contributed by atoms with Gasteiger partial charge < -0.3 is 5.32 Å². The number of hydrogen-bond acceptors (Lipinski definition) is 2. The molecular weight excluding hydrogens is 125 g/mol. The summed E-state index contributed by atoms with van der Waals surface area (Å²) in [4.78, 5) is 13.2. The summed E-state index contributed by atoms with van der Waals surface area (Å²) in [5, 5.41) is 2.29. The van der Waals surface area contributed by atoms with Crippen LogP contribution in [0, 0.1) is 0 Å². The highest BCUT2D eigenvalue weighted by molar-refractivity contribution is 5.45. The first-order valence-electron chi connectivity index (χ1n) is 2.59. The van der Waals surface area contributed by atoms with E-state index in [1.54, 1.807) is 0 Å². The predicted octanol–water partition coefficient (Wildman–Crippen LogP) is 0.412. The van der Waals surface area contributed by atoms with Gasteiger partial charge in [0.1, 0.15) is 5.60 Å². The number of halogens is 1. The Morgan fingerprint density at radius 1 is 1.78 bits per heavy atom. The summed E-state index contributed by atoms with van der Waals surface area (Å²) >= 11 is 0. The monoisotopic (exact) mass is 135 g/mol. The normalized spacial score (nSPS) is 11.0. The maximum atomic E-state index is 11.4. The summed E-state index contributed by atoms with van der Waals surface area (Å²) in [6, 6.07) is 0. The molecule has 0 aromatic heterocycles. The fraction of sp³-hybridized carbons (Fsp3) is 0.800. The molecule has 0 saturated carbocycles. The molecule has 0 aromatic rings. The molecular formula is C5H10FNO2. The van der Waals surface area contributed by atoms with Gasteiger partial charge in [-0.1, -0.05) is 0 Å². The Bertz CT molecular complexity index is 95.0. The average molecular weight is 135 g/mol. The third-order valence-corrected chi connectivity index (χ3v) is 0.820. The summed E-state index contributed by atoms with van der Waals surface area (Å²) < 4.78 is 11.4. The Labute approximate surface area is 53.1 Å². The Morgan fingerprint density at radius 3 is 2.67 bits per heavy atom. The first-order valence-corrected chi connectivity index (χ1v) is 2.59. The van der Waals surface area contributed by atoms with Crippen LogP contribution in [0.5, 0.6) is 0 Å². The van der Waals surface area contributed by atoms with Gasteiger partial charge in [0.25, 0.3) is 0 Å². The van der Waals surface area contributed by atoms with Crippen LogP contribution >= 0.6 is 0 Å².